The van der Waals surface area contributed by atoms with Gasteiger partial charge in [-0.2, -0.15) is 0 Å². The number of benzene rings is 2. The highest BCUT2D eigenvalue weighted by atomic mass is 79.9. The molecule has 1 atom stereocenters. The van der Waals surface area contributed by atoms with Crippen LogP contribution in [0.1, 0.15) is 18.5 Å². The number of nitrogens with one attached hydrogen (secondary N) is 1. The van der Waals surface area contributed by atoms with Crippen molar-refractivity contribution in [1.29, 1.82) is 0 Å². The maximum atomic E-state index is 5.68. The van der Waals surface area contributed by atoms with E-state index in [0.717, 1.165) is 21.2 Å². The molecule has 0 spiro atoms. The van der Waals surface area contributed by atoms with Crippen LogP contribution in [0.4, 0.5) is 0 Å². The molecule has 0 fully saturated rings. The number of hydrogen-bond acceptors (Lipinski definition) is 2. The van der Waals surface area contributed by atoms with Crippen LogP contribution in [-0.2, 0) is 0 Å². The Labute approximate surface area is 136 Å². The number of ether oxygens (including phenoxy) is 1. The maximum absolute atomic E-state index is 5.68. The Kier molecular flexibility index (Phi) is 6.07. The summed E-state index contributed by atoms with van der Waals surface area (Å²) in [6, 6.07) is 16.6. The largest absolute Gasteiger partial charge is 0.492 e. The van der Waals surface area contributed by atoms with Crippen molar-refractivity contribution in [2.75, 3.05) is 13.2 Å². The first-order valence-corrected chi connectivity index (χ1v) is 8.11. The van der Waals surface area contributed by atoms with Gasteiger partial charge < -0.3 is 10.1 Å². The van der Waals surface area contributed by atoms with Gasteiger partial charge in [0.05, 0.1) is 0 Å². The van der Waals surface area contributed by atoms with Gasteiger partial charge in [-0.15, -0.1) is 0 Å². The Morgan fingerprint density at radius 1 is 0.950 bits per heavy atom. The molecule has 0 unspecified atom stereocenters. The molecule has 0 aliphatic carbocycles. The lowest BCUT2D eigenvalue weighted by Gasteiger charge is -2.14. The summed E-state index contributed by atoms with van der Waals surface area (Å²) < 4.78 is 7.84. The SMILES string of the molecule is C[C@H](NCCOc1ccc(Br)cc1)c1ccc(Br)cc1. The lowest BCUT2D eigenvalue weighted by atomic mass is 10.1. The second-order valence-electron chi connectivity index (χ2n) is 4.53. The van der Waals surface area contributed by atoms with Crippen molar-refractivity contribution >= 4 is 31.9 Å². The Morgan fingerprint density at radius 2 is 1.50 bits per heavy atom. The zero-order chi connectivity index (χ0) is 14.4. The molecule has 0 aliphatic rings. The summed E-state index contributed by atoms with van der Waals surface area (Å²) in [6.07, 6.45) is 0. The molecule has 2 rings (SSSR count). The highest BCUT2D eigenvalue weighted by Crippen LogP contribution is 2.17. The molecule has 0 bridgehead atoms. The molecule has 2 aromatic carbocycles. The van der Waals surface area contributed by atoms with Crippen LogP contribution in [0.15, 0.2) is 57.5 Å². The van der Waals surface area contributed by atoms with Gasteiger partial charge >= 0.3 is 0 Å². The third kappa shape index (κ3) is 4.93. The molecule has 20 heavy (non-hydrogen) atoms. The second kappa shape index (κ2) is 7.81. The standard InChI is InChI=1S/C16H17Br2NO/c1-12(13-2-4-14(17)5-3-13)19-10-11-20-16-8-6-15(18)7-9-16/h2-9,12,19H,10-11H2,1H3/t12-/m0/s1. The fourth-order valence-electron chi connectivity index (χ4n) is 1.84. The van der Waals surface area contributed by atoms with Crippen LogP contribution in [0.5, 0.6) is 5.75 Å². The molecule has 0 saturated heterocycles. The fraction of sp³-hybridized carbons (Fsp3) is 0.250. The number of rotatable bonds is 6. The third-order valence-electron chi connectivity index (χ3n) is 3.00. The summed E-state index contributed by atoms with van der Waals surface area (Å²) in [5.74, 6) is 0.895. The van der Waals surface area contributed by atoms with E-state index in [2.05, 4.69) is 68.4 Å². The summed E-state index contributed by atoms with van der Waals surface area (Å²) in [4.78, 5) is 0. The molecular formula is C16H17Br2NO. The van der Waals surface area contributed by atoms with Crippen molar-refractivity contribution in [2.45, 2.75) is 13.0 Å². The van der Waals surface area contributed by atoms with Crippen molar-refractivity contribution in [3.8, 4) is 5.75 Å². The van der Waals surface area contributed by atoms with Gasteiger partial charge in [0.2, 0.25) is 0 Å². The Balaban J connectivity index is 1.72. The van der Waals surface area contributed by atoms with E-state index in [0.29, 0.717) is 12.6 Å². The van der Waals surface area contributed by atoms with Gasteiger partial charge in [-0.3, -0.25) is 0 Å². The van der Waals surface area contributed by atoms with E-state index in [9.17, 15) is 0 Å². The minimum atomic E-state index is 0.316. The molecule has 0 aromatic heterocycles. The summed E-state index contributed by atoms with van der Waals surface area (Å²) in [6.45, 7) is 3.62. The lowest BCUT2D eigenvalue weighted by molar-refractivity contribution is 0.307. The van der Waals surface area contributed by atoms with E-state index in [1.54, 1.807) is 0 Å². The Morgan fingerprint density at radius 3 is 2.10 bits per heavy atom. The first-order valence-electron chi connectivity index (χ1n) is 6.52. The van der Waals surface area contributed by atoms with Gasteiger partial charge in [0.25, 0.3) is 0 Å². The van der Waals surface area contributed by atoms with Crippen molar-refractivity contribution in [1.82, 2.24) is 5.32 Å². The van der Waals surface area contributed by atoms with Gasteiger partial charge in [0, 0.05) is 21.5 Å². The molecule has 0 radical (unpaired) electrons. The van der Waals surface area contributed by atoms with Gasteiger partial charge in [0.1, 0.15) is 12.4 Å². The van der Waals surface area contributed by atoms with Crippen LogP contribution in [0.2, 0.25) is 0 Å². The van der Waals surface area contributed by atoms with Crippen molar-refractivity contribution < 1.29 is 4.74 Å². The highest BCUT2D eigenvalue weighted by molar-refractivity contribution is 9.10. The molecule has 0 aliphatic heterocycles. The average Bonchev–Trinajstić information content (AvgIpc) is 2.46. The number of hydrogen-bond donors (Lipinski definition) is 1. The van der Waals surface area contributed by atoms with Crippen molar-refractivity contribution in [3.63, 3.8) is 0 Å². The van der Waals surface area contributed by atoms with Gasteiger partial charge in [-0.25, -0.2) is 0 Å². The van der Waals surface area contributed by atoms with E-state index in [-0.39, 0.29) is 0 Å². The van der Waals surface area contributed by atoms with E-state index in [1.165, 1.54) is 5.56 Å². The monoisotopic (exact) mass is 397 g/mol. The summed E-state index contributed by atoms with van der Waals surface area (Å²) >= 11 is 6.85. The maximum Gasteiger partial charge on any atom is 0.119 e. The molecule has 0 saturated carbocycles. The molecule has 0 heterocycles. The van der Waals surface area contributed by atoms with E-state index in [4.69, 9.17) is 4.74 Å². The quantitative estimate of drug-likeness (QED) is 0.695. The smallest absolute Gasteiger partial charge is 0.119 e. The molecule has 106 valence electrons. The molecular weight excluding hydrogens is 382 g/mol. The normalized spacial score (nSPS) is 12.2. The van der Waals surface area contributed by atoms with Crippen molar-refractivity contribution in [3.05, 3.63) is 63.0 Å². The van der Waals surface area contributed by atoms with Crippen LogP contribution in [0, 0.1) is 0 Å². The minimum Gasteiger partial charge on any atom is -0.492 e. The van der Waals surface area contributed by atoms with Gasteiger partial charge in [-0.1, -0.05) is 44.0 Å². The zero-order valence-corrected chi connectivity index (χ0v) is 14.4. The van der Waals surface area contributed by atoms with E-state index >= 15 is 0 Å². The zero-order valence-electron chi connectivity index (χ0n) is 11.3. The Bertz CT molecular complexity index is 525. The van der Waals surface area contributed by atoms with E-state index in [1.807, 2.05) is 24.3 Å². The predicted molar refractivity (Wildman–Crippen MR) is 90.2 cm³/mol. The second-order valence-corrected chi connectivity index (χ2v) is 6.36. The summed E-state index contributed by atoms with van der Waals surface area (Å²) in [7, 11) is 0. The van der Waals surface area contributed by atoms with Crippen LogP contribution < -0.4 is 10.1 Å². The molecule has 1 N–H and O–H groups in total. The summed E-state index contributed by atoms with van der Waals surface area (Å²) in [5, 5.41) is 3.45. The van der Waals surface area contributed by atoms with Crippen molar-refractivity contribution in [2.24, 2.45) is 0 Å². The molecule has 2 nitrogen and oxygen atoms in total. The van der Waals surface area contributed by atoms with Gasteiger partial charge in [-0.05, 0) is 48.9 Å². The molecule has 4 heteroatoms. The van der Waals surface area contributed by atoms with Crippen LogP contribution in [-0.4, -0.2) is 13.2 Å². The lowest BCUT2D eigenvalue weighted by Crippen LogP contribution is -2.24. The first kappa shape index (κ1) is 15.5. The van der Waals surface area contributed by atoms with Crippen LogP contribution in [0.25, 0.3) is 0 Å². The molecule has 2 aromatic rings. The van der Waals surface area contributed by atoms with E-state index < -0.39 is 0 Å². The molecule has 0 amide bonds. The van der Waals surface area contributed by atoms with Crippen LogP contribution in [0.3, 0.4) is 0 Å². The average molecular weight is 399 g/mol. The minimum absolute atomic E-state index is 0.316. The van der Waals surface area contributed by atoms with Gasteiger partial charge in [0.15, 0.2) is 0 Å². The topological polar surface area (TPSA) is 21.3 Å². The van der Waals surface area contributed by atoms with Crippen LogP contribution >= 0.6 is 31.9 Å². The number of halogens is 2. The first-order chi connectivity index (χ1) is 9.65. The highest BCUT2D eigenvalue weighted by Gasteiger charge is 2.04. The fourth-order valence-corrected chi connectivity index (χ4v) is 2.37. The predicted octanol–water partition coefficient (Wildman–Crippen LogP) is 4.94. The summed E-state index contributed by atoms with van der Waals surface area (Å²) in [5.41, 5.74) is 1.27. The Hall–Kier alpha value is -0.840. The third-order valence-corrected chi connectivity index (χ3v) is 4.06.